The van der Waals surface area contributed by atoms with E-state index in [1.807, 2.05) is 0 Å². The van der Waals surface area contributed by atoms with Crippen molar-refractivity contribution in [3.05, 3.63) is 46.6 Å². The van der Waals surface area contributed by atoms with Crippen molar-refractivity contribution in [1.82, 2.24) is 14.3 Å². The van der Waals surface area contributed by atoms with Crippen molar-refractivity contribution in [3.8, 4) is 5.88 Å². The normalized spacial score (nSPS) is 15.7. The summed E-state index contributed by atoms with van der Waals surface area (Å²) in [5, 5.41) is 29.2. The minimum atomic E-state index is -3.60. The number of nitro groups is 1. The van der Waals surface area contributed by atoms with Crippen LogP contribution in [0.1, 0.15) is 19.3 Å². The van der Waals surface area contributed by atoms with Crippen molar-refractivity contribution >= 4 is 38.1 Å². The molecule has 0 unspecified atom stereocenters. The van der Waals surface area contributed by atoms with Crippen molar-refractivity contribution < 1.29 is 18.4 Å². The molecule has 4 rings (SSSR count). The largest absolute Gasteiger partial charge is 0.493 e. The lowest BCUT2D eigenvalue weighted by Gasteiger charge is -2.25. The molecular formula is C18H18N6O5S. The van der Waals surface area contributed by atoms with Crippen LogP contribution in [-0.4, -0.2) is 45.8 Å². The number of piperidine rings is 1. The zero-order chi connectivity index (χ0) is 21.3. The zero-order valence-corrected chi connectivity index (χ0v) is 16.5. The van der Waals surface area contributed by atoms with Crippen LogP contribution in [0.5, 0.6) is 5.88 Å². The van der Waals surface area contributed by atoms with Crippen LogP contribution in [0, 0.1) is 10.1 Å². The molecule has 12 heteroatoms. The van der Waals surface area contributed by atoms with Crippen molar-refractivity contribution in [2.24, 2.45) is 10.2 Å². The molecule has 0 radical (unpaired) electrons. The molecular weight excluding hydrogens is 412 g/mol. The number of fused-ring (bicyclic) bond motifs is 1. The van der Waals surface area contributed by atoms with Crippen molar-refractivity contribution in [3.63, 3.8) is 0 Å². The molecule has 0 saturated carbocycles. The summed E-state index contributed by atoms with van der Waals surface area (Å²) in [6, 6.07) is 6.87. The number of hydrogen-bond acceptors (Lipinski definition) is 8. The highest BCUT2D eigenvalue weighted by Gasteiger charge is 2.26. The minimum absolute atomic E-state index is 0.0283. The summed E-state index contributed by atoms with van der Waals surface area (Å²) < 4.78 is 26.8. The second kappa shape index (κ2) is 7.80. The van der Waals surface area contributed by atoms with Crippen LogP contribution in [0.2, 0.25) is 0 Å². The first-order valence-electron chi connectivity index (χ1n) is 9.23. The molecule has 156 valence electrons. The van der Waals surface area contributed by atoms with Gasteiger partial charge in [-0.25, -0.2) is 13.4 Å². The van der Waals surface area contributed by atoms with Crippen LogP contribution in [0.4, 0.5) is 17.2 Å². The van der Waals surface area contributed by atoms with E-state index >= 15 is 0 Å². The van der Waals surface area contributed by atoms with Crippen LogP contribution in [-0.2, 0) is 10.0 Å². The molecule has 30 heavy (non-hydrogen) atoms. The van der Waals surface area contributed by atoms with Gasteiger partial charge in [0, 0.05) is 36.8 Å². The lowest BCUT2D eigenvalue weighted by atomic mass is 10.2. The van der Waals surface area contributed by atoms with Crippen molar-refractivity contribution in [2.75, 3.05) is 13.1 Å². The van der Waals surface area contributed by atoms with Crippen LogP contribution in [0.3, 0.4) is 0 Å². The molecule has 11 nitrogen and oxygen atoms in total. The van der Waals surface area contributed by atoms with Crippen LogP contribution in [0.25, 0.3) is 10.9 Å². The van der Waals surface area contributed by atoms with Gasteiger partial charge in [-0.3, -0.25) is 10.1 Å². The molecule has 1 aliphatic rings. The maximum absolute atomic E-state index is 12.7. The summed E-state index contributed by atoms with van der Waals surface area (Å²) in [6.45, 7) is 0.992. The van der Waals surface area contributed by atoms with Gasteiger partial charge in [-0.1, -0.05) is 6.42 Å². The van der Waals surface area contributed by atoms with Gasteiger partial charge in [-0.2, -0.15) is 4.31 Å². The molecule has 2 aromatic heterocycles. The molecule has 2 N–H and O–H groups in total. The second-order valence-corrected chi connectivity index (χ2v) is 8.76. The number of nitrogens with one attached hydrogen (secondary N) is 1. The van der Waals surface area contributed by atoms with E-state index in [2.05, 4.69) is 20.2 Å². The number of aromatic hydroxyl groups is 1. The van der Waals surface area contributed by atoms with Crippen LogP contribution in [0.15, 0.2) is 51.7 Å². The first kappa shape index (κ1) is 19.9. The molecule has 1 fully saturated rings. The van der Waals surface area contributed by atoms with Crippen molar-refractivity contribution in [2.45, 2.75) is 24.2 Å². The number of benzene rings is 1. The van der Waals surface area contributed by atoms with E-state index in [0.717, 1.165) is 19.3 Å². The number of aromatic amines is 1. The predicted molar refractivity (Wildman–Crippen MR) is 108 cm³/mol. The summed E-state index contributed by atoms with van der Waals surface area (Å²) in [7, 11) is -3.60. The summed E-state index contributed by atoms with van der Waals surface area (Å²) in [5.74, 6) is -0.162. The lowest BCUT2D eigenvalue weighted by Crippen LogP contribution is -2.35. The highest BCUT2D eigenvalue weighted by atomic mass is 32.2. The highest BCUT2D eigenvalue weighted by Crippen LogP contribution is 2.37. The average Bonchev–Trinajstić information content (AvgIpc) is 3.07. The Hall–Kier alpha value is -3.38. The molecule has 1 saturated heterocycles. The Morgan fingerprint density at radius 1 is 1.13 bits per heavy atom. The monoisotopic (exact) mass is 430 g/mol. The van der Waals surface area contributed by atoms with Crippen LogP contribution >= 0.6 is 0 Å². The first-order chi connectivity index (χ1) is 14.4. The average molecular weight is 430 g/mol. The number of nitro benzene ring substituents is 1. The molecule has 0 bridgehead atoms. The number of rotatable bonds is 5. The second-order valence-electron chi connectivity index (χ2n) is 6.83. The van der Waals surface area contributed by atoms with Gasteiger partial charge in [0.05, 0.1) is 10.4 Å². The Balaban J connectivity index is 1.60. The van der Waals surface area contributed by atoms with E-state index in [0.29, 0.717) is 24.0 Å². The maximum atomic E-state index is 12.7. The van der Waals surface area contributed by atoms with Gasteiger partial charge in [-0.05, 0) is 31.0 Å². The molecule has 1 aliphatic heterocycles. The number of hydrogen-bond donors (Lipinski definition) is 2. The van der Waals surface area contributed by atoms with Gasteiger partial charge in [0.25, 0.3) is 5.69 Å². The minimum Gasteiger partial charge on any atom is -0.493 e. The number of azo groups is 1. The Bertz CT molecular complexity index is 1230. The fourth-order valence-corrected chi connectivity index (χ4v) is 4.77. The number of pyridine rings is 1. The van der Waals surface area contributed by atoms with Gasteiger partial charge < -0.3 is 10.1 Å². The molecule has 0 spiro atoms. The number of nitrogens with zero attached hydrogens (tertiary/aromatic N) is 5. The molecule has 0 aliphatic carbocycles. The number of sulfonamides is 1. The van der Waals surface area contributed by atoms with E-state index in [4.69, 9.17) is 0 Å². The van der Waals surface area contributed by atoms with E-state index in [-0.39, 0.29) is 28.0 Å². The smallest absolute Gasteiger partial charge is 0.270 e. The summed E-state index contributed by atoms with van der Waals surface area (Å²) in [4.78, 5) is 17.2. The Labute approximate surface area is 171 Å². The maximum Gasteiger partial charge on any atom is 0.270 e. The zero-order valence-electron chi connectivity index (χ0n) is 15.7. The van der Waals surface area contributed by atoms with Gasteiger partial charge in [0.2, 0.25) is 15.9 Å². The molecule has 3 heterocycles. The van der Waals surface area contributed by atoms with E-state index in [1.165, 1.54) is 40.8 Å². The summed E-state index contributed by atoms with van der Waals surface area (Å²) >= 11 is 0. The van der Waals surface area contributed by atoms with E-state index in [9.17, 15) is 23.6 Å². The number of aromatic nitrogens is 2. The Morgan fingerprint density at radius 3 is 2.57 bits per heavy atom. The number of non-ortho nitro benzene ring substituents is 1. The summed E-state index contributed by atoms with van der Waals surface area (Å²) in [5.41, 5.74) is 0.340. The summed E-state index contributed by atoms with van der Waals surface area (Å²) in [6.07, 6.45) is 3.92. The Morgan fingerprint density at radius 2 is 1.90 bits per heavy atom. The third-order valence-corrected chi connectivity index (χ3v) is 6.75. The standard InChI is InChI=1S/C18H18N6O5S/c25-18-17(14-10-12(24(26)27)4-6-15(14)20-18)22-21-16-7-5-13(11-19-16)30(28,29)23-8-2-1-3-9-23/h4-7,10-11,20,25H,1-3,8-9H2. The third kappa shape index (κ3) is 3.74. The lowest BCUT2D eigenvalue weighted by molar-refractivity contribution is -0.384. The van der Waals surface area contributed by atoms with Gasteiger partial charge in [-0.15, -0.1) is 10.2 Å². The topological polar surface area (TPSA) is 154 Å². The molecule has 1 aromatic carbocycles. The Kier molecular flexibility index (Phi) is 5.18. The van der Waals surface area contributed by atoms with Crippen molar-refractivity contribution in [1.29, 1.82) is 0 Å². The predicted octanol–water partition coefficient (Wildman–Crippen LogP) is 3.77. The quantitative estimate of drug-likeness (QED) is 0.357. The van der Waals surface area contributed by atoms with Crippen LogP contribution < -0.4 is 0 Å². The highest BCUT2D eigenvalue weighted by molar-refractivity contribution is 7.89. The van der Waals surface area contributed by atoms with Gasteiger partial charge in [0.1, 0.15) is 4.90 Å². The number of H-pyrrole nitrogens is 1. The molecule has 3 aromatic rings. The SMILES string of the molecule is O=[N+]([O-])c1ccc2[nH]c(O)c(N=Nc3ccc(S(=O)(=O)N4CCCCC4)cn3)c2c1. The third-order valence-electron chi connectivity index (χ3n) is 4.87. The van der Waals surface area contributed by atoms with E-state index < -0.39 is 14.9 Å². The fraction of sp³-hybridized carbons (Fsp3) is 0.278. The molecule has 0 atom stereocenters. The first-order valence-corrected chi connectivity index (χ1v) is 10.7. The van der Waals surface area contributed by atoms with Gasteiger partial charge in [0.15, 0.2) is 11.5 Å². The van der Waals surface area contributed by atoms with Gasteiger partial charge >= 0.3 is 0 Å². The van der Waals surface area contributed by atoms with E-state index in [1.54, 1.807) is 0 Å². The molecule has 0 amide bonds. The fourth-order valence-electron chi connectivity index (χ4n) is 3.31.